The summed E-state index contributed by atoms with van der Waals surface area (Å²) in [6.45, 7) is 11.2. The SMILES string of the molecule is COC(=O)N1CCN(c2cc(Nc3ncc(F)c(NC4CC(C)(C)N(C)C(C)(C)C4)n3)ccc2Cl)CC1. The van der Waals surface area contributed by atoms with Crippen LogP contribution in [-0.2, 0) is 4.74 Å². The van der Waals surface area contributed by atoms with Crippen molar-refractivity contribution in [3.8, 4) is 0 Å². The predicted molar refractivity (Wildman–Crippen MR) is 145 cm³/mol. The Hall–Kier alpha value is -2.85. The summed E-state index contributed by atoms with van der Waals surface area (Å²) in [5.74, 6) is -0.00809. The van der Waals surface area contributed by atoms with Crippen molar-refractivity contribution in [3.05, 3.63) is 35.2 Å². The van der Waals surface area contributed by atoms with Crippen LogP contribution < -0.4 is 15.5 Å². The number of rotatable bonds is 5. The highest BCUT2D eigenvalue weighted by Gasteiger charge is 2.43. The minimum absolute atomic E-state index is 0.0357. The van der Waals surface area contributed by atoms with Crippen molar-refractivity contribution in [2.45, 2.75) is 57.7 Å². The number of nitrogens with one attached hydrogen (secondary N) is 2. The molecule has 0 saturated carbocycles. The van der Waals surface area contributed by atoms with Crippen LogP contribution in [0.25, 0.3) is 0 Å². The third kappa shape index (κ3) is 6.01. The highest BCUT2D eigenvalue weighted by molar-refractivity contribution is 6.33. The van der Waals surface area contributed by atoms with E-state index in [-0.39, 0.29) is 29.0 Å². The average Bonchev–Trinajstić information content (AvgIpc) is 2.85. The molecule has 2 aliphatic heterocycles. The van der Waals surface area contributed by atoms with Gasteiger partial charge in [-0.05, 0) is 65.8 Å². The lowest BCUT2D eigenvalue weighted by atomic mass is 9.77. The first-order chi connectivity index (χ1) is 17.4. The molecule has 2 fully saturated rings. The molecular formula is C26H37ClFN7O2. The second-order valence-electron chi connectivity index (χ2n) is 11.1. The Labute approximate surface area is 223 Å². The van der Waals surface area contributed by atoms with Crippen LogP contribution in [0.1, 0.15) is 40.5 Å². The smallest absolute Gasteiger partial charge is 0.409 e. The lowest BCUT2D eigenvalue weighted by Crippen LogP contribution is -2.61. The van der Waals surface area contributed by atoms with E-state index < -0.39 is 5.82 Å². The topological polar surface area (TPSA) is 85.9 Å². The van der Waals surface area contributed by atoms with Crippen LogP contribution in [0.4, 0.5) is 32.3 Å². The first-order valence-electron chi connectivity index (χ1n) is 12.6. The molecule has 202 valence electrons. The molecular weight excluding hydrogens is 497 g/mol. The van der Waals surface area contributed by atoms with Crippen molar-refractivity contribution in [2.24, 2.45) is 0 Å². The minimum Gasteiger partial charge on any atom is -0.453 e. The standard InChI is InChI=1S/C26H37ClFN7O2/c1-25(2)14-18(15-26(3,4)33(25)5)30-22-20(28)16-29-23(32-22)31-17-7-8-19(27)21(13-17)34-9-11-35(12-10-34)24(36)37-6/h7-8,13,16,18H,9-12,14-15H2,1-6H3,(H2,29,30,31,32). The summed E-state index contributed by atoms with van der Waals surface area (Å²) < 4.78 is 19.5. The first kappa shape index (κ1) is 27.2. The molecule has 37 heavy (non-hydrogen) atoms. The second-order valence-corrected chi connectivity index (χ2v) is 11.5. The highest BCUT2D eigenvalue weighted by atomic mass is 35.5. The van der Waals surface area contributed by atoms with Crippen molar-refractivity contribution in [2.75, 3.05) is 55.9 Å². The quantitative estimate of drug-likeness (QED) is 0.557. The van der Waals surface area contributed by atoms with Gasteiger partial charge in [0.15, 0.2) is 11.6 Å². The number of amides is 1. The van der Waals surface area contributed by atoms with Gasteiger partial charge in [-0.3, -0.25) is 4.90 Å². The fourth-order valence-corrected chi connectivity index (χ4v) is 5.65. The molecule has 4 rings (SSSR count). The van der Waals surface area contributed by atoms with Gasteiger partial charge < -0.3 is 25.2 Å². The molecule has 2 N–H and O–H groups in total. The van der Waals surface area contributed by atoms with Gasteiger partial charge in [-0.2, -0.15) is 4.98 Å². The average molecular weight is 534 g/mol. The number of piperazine rings is 1. The van der Waals surface area contributed by atoms with Crippen molar-refractivity contribution < 1.29 is 13.9 Å². The van der Waals surface area contributed by atoms with Crippen LogP contribution in [-0.4, -0.2) is 83.3 Å². The van der Waals surface area contributed by atoms with E-state index in [4.69, 9.17) is 16.3 Å². The zero-order chi connectivity index (χ0) is 27.0. The van der Waals surface area contributed by atoms with Gasteiger partial charge in [-0.15, -0.1) is 0 Å². The molecule has 11 heteroatoms. The van der Waals surface area contributed by atoms with Gasteiger partial charge in [0.25, 0.3) is 0 Å². The van der Waals surface area contributed by atoms with Crippen LogP contribution in [0.15, 0.2) is 24.4 Å². The fourth-order valence-electron chi connectivity index (χ4n) is 5.42. The number of methoxy groups -OCH3 is 1. The monoisotopic (exact) mass is 533 g/mol. The fraction of sp³-hybridized carbons (Fsp3) is 0.577. The molecule has 0 spiro atoms. The lowest BCUT2D eigenvalue weighted by Gasteiger charge is -2.53. The molecule has 1 aromatic heterocycles. The number of piperidine rings is 1. The number of ether oxygens (including phenoxy) is 1. The zero-order valence-electron chi connectivity index (χ0n) is 22.4. The van der Waals surface area contributed by atoms with Gasteiger partial charge in [0, 0.05) is 49.0 Å². The maximum atomic E-state index is 14.7. The summed E-state index contributed by atoms with van der Waals surface area (Å²) in [5, 5.41) is 7.12. The van der Waals surface area contributed by atoms with Crippen molar-refractivity contribution >= 4 is 40.8 Å². The summed E-state index contributed by atoms with van der Waals surface area (Å²) in [7, 11) is 3.53. The second kappa shape index (κ2) is 10.5. The molecule has 3 heterocycles. The largest absolute Gasteiger partial charge is 0.453 e. The highest BCUT2D eigenvalue weighted by Crippen LogP contribution is 2.38. The number of nitrogens with zero attached hydrogens (tertiary/aromatic N) is 5. The van der Waals surface area contributed by atoms with Gasteiger partial charge in [0.05, 0.1) is 24.0 Å². The summed E-state index contributed by atoms with van der Waals surface area (Å²) >= 11 is 6.50. The van der Waals surface area contributed by atoms with E-state index in [9.17, 15) is 9.18 Å². The molecule has 2 aromatic rings. The van der Waals surface area contributed by atoms with E-state index in [2.05, 4.69) is 65.1 Å². The number of aromatic nitrogens is 2. The summed E-state index contributed by atoms with van der Waals surface area (Å²) in [5.41, 5.74) is 1.50. The molecule has 0 aliphatic carbocycles. The zero-order valence-corrected chi connectivity index (χ0v) is 23.2. The number of halogens is 2. The predicted octanol–water partition coefficient (Wildman–Crippen LogP) is 4.96. The van der Waals surface area contributed by atoms with Gasteiger partial charge in [-0.1, -0.05) is 11.6 Å². The third-order valence-corrected chi connectivity index (χ3v) is 7.97. The van der Waals surface area contributed by atoms with E-state index in [0.717, 1.165) is 24.2 Å². The molecule has 0 radical (unpaired) electrons. The first-order valence-corrected chi connectivity index (χ1v) is 12.9. The van der Waals surface area contributed by atoms with Crippen LogP contribution >= 0.6 is 11.6 Å². The Bertz CT molecular complexity index is 1120. The molecule has 0 atom stereocenters. The lowest BCUT2D eigenvalue weighted by molar-refractivity contribution is -0.00778. The van der Waals surface area contributed by atoms with Gasteiger partial charge in [-0.25, -0.2) is 14.2 Å². The molecule has 0 unspecified atom stereocenters. The number of carbonyl (C=O) groups is 1. The number of hydrogen-bond acceptors (Lipinski definition) is 8. The van der Waals surface area contributed by atoms with Crippen LogP contribution in [0.3, 0.4) is 0 Å². The Morgan fingerprint density at radius 1 is 1.14 bits per heavy atom. The maximum Gasteiger partial charge on any atom is 0.409 e. The van der Waals surface area contributed by atoms with Crippen molar-refractivity contribution in [3.63, 3.8) is 0 Å². The van der Waals surface area contributed by atoms with Gasteiger partial charge in [0.2, 0.25) is 5.95 Å². The number of anilines is 4. The van der Waals surface area contributed by atoms with E-state index in [1.807, 2.05) is 12.1 Å². The third-order valence-electron chi connectivity index (χ3n) is 7.65. The van der Waals surface area contributed by atoms with Crippen LogP contribution in [0, 0.1) is 5.82 Å². The molecule has 9 nitrogen and oxygen atoms in total. The molecule has 0 bridgehead atoms. The number of hydrogen-bond donors (Lipinski definition) is 2. The molecule has 1 amide bonds. The van der Waals surface area contributed by atoms with Crippen molar-refractivity contribution in [1.82, 2.24) is 19.8 Å². The maximum absolute atomic E-state index is 14.7. The molecule has 1 aromatic carbocycles. The molecule has 2 aliphatic rings. The summed E-state index contributed by atoms with van der Waals surface area (Å²) in [6, 6.07) is 5.62. The van der Waals surface area contributed by atoms with E-state index >= 15 is 0 Å². The number of likely N-dealkylation sites (tertiary alicyclic amines) is 1. The Balaban J connectivity index is 1.47. The van der Waals surface area contributed by atoms with Crippen LogP contribution in [0.2, 0.25) is 5.02 Å². The number of benzene rings is 1. The number of carbonyl (C=O) groups excluding carboxylic acids is 1. The van der Waals surface area contributed by atoms with E-state index in [1.165, 1.54) is 13.3 Å². The van der Waals surface area contributed by atoms with E-state index in [0.29, 0.717) is 37.1 Å². The summed E-state index contributed by atoms with van der Waals surface area (Å²) in [6.07, 6.45) is 2.59. The Kier molecular flexibility index (Phi) is 7.71. The minimum atomic E-state index is -0.486. The van der Waals surface area contributed by atoms with Crippen molar-refractivity contribution in [1.29, 1.82) is 0 Å². The normalized spacial score (nSPS) is 20.0. The van der Waals surface area contributed by atoms with E-state index in [1.54, 1.807) is 11.0 Å². The summed E-state index contributed by atoms with van der Waals surface area (Å²) in [4.78, 5) is 26.6. The van der Waals surface area contributed by atoms with Crippen LogP contribution in [0.5, 0.6) is 0 Å². The van der Waals surface area contributed by atoms with Gasteiger partial charge >= 0.3 is 6.09 Å². The Morgan fingerprint density at radius 3 is 2.41 bits per heavy atom. The Morgan fingerprint density at radius 2 is 1.78 bits per heavy atom. The van der Waals surface area contributed by atoms with Gasteiger partial charge in [0.1, 0.15) is 0 Å². The molecule has 2 saturated heterocycles.